The van der Waals surface area contributed by atoms with Crippen molar-refractivity contribution in [1.29, 1.82) is 0 Å². The van der Waals surface area contributed by atoms with Crippen molar-refractivity contribution in [3.8, 4) is 0 Å². The lowest BCUT2D eigenvalue weighted by molar-refractivity contribution is -0.115. The van der Waals surface area contributed by atoms with Gasteiger partial charge in [0.15, 0.2) is 0 Å². The molecule has 1 aromatic heterocycles. The van der Waals surface area contributed by atoms with Crippen LogP contribution in [0.25, 0.3) is 0 Å². The monoisotopic (exact) mass is 235 g/mol. The Morgan fingerprint density at radius 1 is 1.53 bits per heavy atom. The van der Waals surface area contributed by atoms with E-state index in [1.807, 2.05) is 13.1 Å². The molecule has 17 heavy (non-hydrogen) atoms. The Labute approximate surface area is 102 Å². The molecule has 0 atom stereocenters. The first-order valence-corrected chi connectivity index (χ1v) is 6.35. The number of piperidine rings is 1. The highest BCUT2D eigenvalue weighted by Gasteiger charge is 2.19. The zero-order valence-electron chi connectivity index (χ0n) is 10.6. The van der Waals surface area contributed by atoms with Crippen LogP contribution in [-0.2, 0) is 4.79 Å². The number of nitrogens with one attached hydrogen (secondary N) is 2. The topological polar surface area (TPSA) is 48.1 Å². The molecule has 1 fully saturated rings. The zero-order valence-corrected chi connectivity index (χ0v) is 10.6. The first-order valence-electron chi connectivity index (χ1n) is 6.35. The minimum absolute atomic E-state index is 0.0572. The van der Waals surface area contributed by atoms with Gasteiger partial charge in [-0.2, -0.15) is 0 Å². The molecule has 4 heteroatoms. The molecule has 0 unspecified atom stereocenters. The van der Waals surface area contributed by atoms with Crippen LogP contribution in [0.2, 0.25) is 0 Å². The van der Waals surface area contributed by atoms with Crippen molar-refractivity contribution in [2.24, 2.45) is 0 Å². The third kappa shape index (κ3) is 3.09. The maximum atomic E-state index is 11.3. The predicted octanol–water partition coefficient (Wildman–Crippen LogP) is 2.17. The predicted molar refractivity (Wildman–Crippen MR) is 69.2 cm³/mol. The largest absolute Gasteiger partial charge is 0.348 e. The van der Waals surface area contributed by atoms with E-state index in [1.165, 1.54) is 18.4 Å². The highest BCUT2D eigenvalue weighted by Crippen LogP contribution is 2.28. The van der Waals surface area contributed by atoms with Crippen LogP contribution in [0.5, 0.6) is 0 Å². The minimum Gasteiger partial charge on any atom is -0.348 e. The van der Waals surface area contributed by atoms with Crippen LogP contribution in [0.15, 0.2) is 12.3 Å². The van der Waals surface area contributed by atoms with E-state index in [9.17, 15) is 4.79 Å². The fraction of sp³-hybridized carbons (Fsp3) is 0.615. The third-order valence-electron chi connectivity index (χ3n) is 3.49. The highest BCUT2D eigenvalue weighted by atomic mass is 16.1. The van der Waals surface area contributed by atoms with Crippen molar-refractivity contribution in [1.82, 2.24) is 9.88 Å². The Morgan fingerprint density at radius 3 is 2.88 bits per heavy atom. The number of carbonyl (C=O) groups is 1. The van der Waals surface area contributed by atoms with Crippen molar-refractivity contribution in [2.75, 3.05) is 25.5 Å². The first kappa shape index (κ1) is 12.2. The number of carbonyl (C=O) groups excluding carboxylic acids is 1. The molecule has 1 amide bonds. The van der Waals surface area contributed by atoms with E-state index in [1.54, 1.807) is 0 Å². The highest BCUT2D eigenvalue weighted by molar-refractivity contribution is 5.89. The molecule has 94 valence electrons. The van der Waals surface area contributed by atoms with E-state index in [2.05, 4.69) is 28.3 Å². The van der Waals surface area contributed by atoms with Crippen LogP contribution in [0, 0.1) is 0 Å². The Morgan fingerprint density at radius 2 is 2.24 bits per heavy atom. The third-order valence-corrected chi connectivity index (χ3v) is 3.49. The number of H-pyrrole nitrogens is 1. The SMILES string of the molecule is CCC(=O)Nc1cc(C2CCN(C)CC2)c[nH]1. The number of aromatic amines is 1. The smallest absolute Gasteiger partial charge is 0.225 e. The second-order valence-corrected chi connectivity index (χ2v) is 4.83. The fourth-order valence-corrected chi connectivity index (χ4v) is 2.30. The van der Waals surface area contributed by atoms with Gasteiger partial charge in [0.2, 0.25) is 5.91 Å². The average molecular weight is 235 g/mol. The second-order valence-electron chi connectivity index (χ2n) is 4.83. The minimum atomic E-state index is 0.0572. The number of hydrogen-bond acceptors (Lipinski definition) is 2. The summed E-state index contributed by atoms with van der Waals surface area (Å²) in [5.74, 6) is 1.52. The second kappa shape index (κ2) is 5.36. The maximum absolute atomic E-state index is 11.3. The molecule has 2 heterocycles. The number of amides is 1. The molecule has 2 rings (SSSR count). The van der Waals surface area contributed by atoms with E-state index < -0.39 is 0 Å². The average Bonchev–Trinajstić information content (AvgIpc) is 2.78. The molecule has 0 spiro atoms. The molecule has 0 aliphatic carbocycles. The molecule has 0 saturated carbocycles. The summed E-state index contributed by atoms with van der Waals surface area (Å²) in [6.07, 6.45) is 4.95. The van der Waals surface area contributed by atoms with Crippen LogP contribution < -0.4 is 5.32 Å². The molecular formula is C13H21N3O. The van der Waals surface area contributed by atoms with Crippen molar-refractivity contribution >= 4 is 11.7 Å². The Kier molecular flexibility index (Phi) is 3.84. The molecule has 4 nitrogen and oxygen atoms in total. The number of rotatable bonds is 3. The number of anilines is 1. The zero-order chi connectivity index (χ0) is 12.3. The van der Waals surface area contributed by atoms with Crippen molar-refractivity contribution < 1.29 is 4.79 Å². The number of nitrogens with zero attached hydrogens (tertiary/aromatic N) is 1. The van der Waals surface area contributed by atoms with Crippen LogP contribution in [0.1, 0.15) is 37.7 Å². The van der Waals surface area contributed by atoms with E-state index in [0.717, 1.165) is 18.9 Å². The van der Waals surface area contributed by atoms with Crippen molar-refractivity contribution in [3.63, 3.8) is 0 Å². The lowest BCUT2D eigenvalue weighted by Crippen LogP contribution is -2.29. The van der Waals surface area contributed by atoms with Gasteiger partial charge in [0, 0.05) is 12.6 Å². The quantitative estimate of drug-likeness (QED) is 0.843. The molecule has 1 aromatic rings. The van der Waals surface area contributed by atoms with Gasteiger partial charge in [0.1, 0.15) is 5.82 Å². The van der Waals surface area contributed by atoms with E-state index in [-0.39, 0.29) is 5.91 Å². The van der Waals surface area contributed by atoms with Gasteiger partial charge in [-0.3, -0.25) is 4.79 Å². The summed E-state index contributed by atoms with van der Waals surface area (Å²) in [5, 5.41) is 2.85. The molecule has 0 radical (unpaired) electrons. The normalized spacial score (nSPS) is 18.2. The summed E-state index contributed by atoms with van der Waals surface area (Å²) in [5.41, 5.74) is 1.32. The van der Waals surface area contributed by atoms with E-state index >= 15 is 0 Å². The molecule has 1 saturated heterocycles. The Balaban J connectivity index is 1.96. The molecule has 0 bridgehead atoms. The lowest BCUT2D eigenvalue weighted by Gasteiger charge is -2.28. The molecule has 1 aliphatic rings. The summed E-state index contributed by atoms with van der Waals surface area (Å²) < 4.78 is 0. The van der Waals surface area contributed by atoms with Crippen molar-refractivity contribution in [2.45, 2.75) is 32.1 Å². The van der Waals surface area contributed by atoms with Gasteiger partial charge >= 0.3 is 0 Å². The van der Waals surface area contributed by atoms with E-state index in [4.69, 9.17) is 0 Å². The maximum Gasteiger partial charge on any atom is 0.225 e. The molecule has 1 aliphatic heterocycles. The van der Waals surface area contributed by atoms with Crippen LogP contribution in [0.4, 0.5) is 5.82 Å². The van der Waals surface area contributed by atoms with Gasteiger partial charge in [-0.15, -0.1) is 0 Å². The van der Waals surface area contributed by atoms with Gasteiger partial charge in [0.25, 0.3) is 0 Å². The summed E-state index contributed by atoms with van der Waals surface area (Å²) >= 11 is 0. The fourth-order valence-electron chi connectivity index (χ4n) is 2.30. The van der Waals surface area contributed by atoms with Gasteiger partial charge in [-0.25, -0.2) is 0 Å². The Hall–Kier alpha value is -1.29. The van der Waals surface area contributed by atoms with Crippen LogP contribution in [-0.4, -0.2) is 35.9 Å². The standard InChI is InChI=1S/C13H21N3O/c1-3-13(17)15-12-8-11(9-14-12)10-4-6-16(2)7-5-10/h8-10,14H,3-7H2,1-2H3,(H,15,17). The van der Waals surface area contributed by atoms with Crippen molar-refractivity contribution in [3.05, 3.63) is 17.8 Å². The summed E-state index contributed by atoms with van der Waals surface area (Å²) in [6, 6.07) is 2.07. The summed E-state index contributed by atoms with van der Waals surface area (Å²) in [7, 11) is 2.17. The molecule has 2 N–H and O–H groups in total. The number of aromatic nitrogens is 1. The number of likely N-dealkylation sites (tertiary alicyclic amines) is 1. The van der Waals surface area contributed by atoms with Gasteiger partial charge in [-0.05, 0) is 50.5 Å². The number of hydrogen-bond donors (Lipinski definition) is 2. The van der Waals surface area contributed by atoms with Crippen LogP contribution in [0.3, 0.4) is 0 Å². The summed E-state index contributed by atoms with van der Waals surface area (Å²) in [6.45, 7) is 4.18. The van der Waals surface area contributed by atoms with Gasteiger partial charge in [-0.1, -0.05) is 6.92 Å². The van der Waals surface area contributed by atoms with E-state index in [0.29, 0.717) is 12.3 Å². The first-order chi connectivity index (χ1) is 8.19. The summed E-state index contributed by atoms with van der Waals surface area (Å²) in [4.78, 5) is 16.8. The van der Waals surface area contributed by atoms with Gasteiger partial charge in [0.05, 0.1) is 0 Å². The van der Waals surface area contributed by atoms with Gasteiger partial charge < -0.3 is 15.2 Å². The molecular weight excluding hydrogens is 214 g/mol. The Bertz CT molecular complexity index is 378. The molecule has 0 aromatic carbocycles. The van der Waals surface area contributed by atoms with Crippen LogP contribution >= 0.6 is 0 Å². The lowest BCUT2D eigenvalue weighted by atomic mass is 9.91.